The predicted octanol–water partition coefficient (Wildman–Crippen LogP) is 3.01. The van der Waals surface area contributed by atoms with Crippen LogP contribution in [0, 0.1) is 0 Å². The molecule has 0 saturated carbocycles. The predicted molar refractivity (Wildman–Crippen MR) is 74.9 cm³/mol. The van der Waals surface area contributed by atoms with Crippen molar-refractivity contribution in [2.24, 2.45) is 0 Å². The first-order chi connectivity index (χ1) is 9.08. The average Bonchev–Trinajstić information content (AvgIpc) is 2.36. The molecule has 2 atom stereocenters. The third-order valence-corrected chi connectivity index (χ3v) is 3.90. The maximum absolute atomic E-state index is 11.1. The van der Waals surface area contributed by atoms with E-state index in [-0.39, 0.29) is 12.2 Å². The lowest BCUT2D eigenvalue weighted by molar-refractivity contribution is -0.135. The fourth-order valence-electron chi connectivity index (χ4n) is 3.27. The Bertz CT molecular complexity index is 581. The number of aromatic nitrogens is 1. The van der Waals surface area contributed by atoms with Crippen LogP contribution in [0.3, 0.4) is 0 Å². The van der Waals surface area contributed by atoms with Gasteiger partial charge in [-0.05, 0) is 30.9 Å². The second kappa shape index (κ2) is 4.58. The van der Waals surface area contributed by atoms with Crippen LogP contribution >= 0.6 is 0 Å². The van der Waals surface area contributed by atoms with E-state index in [0.717, 1.165) is 16.3 Å². The van der Waals surface area contributed by atoms with Gasteiger partial charge in [0.25, 0.3) is 0 Å². The summed E-state index contributed by atoms with van der Waals surface area (Å²) in [5.41, 5.74) is 0.153. The standard InChI is InChI=1S/C16H19NO2/c1-11-8-16(18,9-12(2)19-11)15-5-3-4-13-6-7-17-10-14(13)15/h3-7,10-12,18H,8-9H2,1-2H3. The summed E-state index contributed by atoms with van der Waals surface area (Å²) in [6.07, 6.45) is 5.02. The molecule has 0 radical (unpaired) electrons. The first-order valence-corrected chi connectivity index (χ1v) is 6.79. The van der Waals surface area contributed by atoms with Crippen molar-refractivity contribution in [2.45, 2.75) is 44.5 Å². The highest BCUT2D eigenvalue weighted by Crippen LogP contribution is 2.40. The van der Waals surface area contributed by atoms with E-state index in [1.807, 2.05) is 38.2 Å². The minimum atomic E-state index is -0.820. The second-order valence-corrected chi connectivity index (χ2v) is 5.60. The number of benzene rings is 1. The van der Waals surface area contributed by atoms with E-state index >= 15 is 0 Å². The summed E-state index contributed by atoms with van der Waals surface area (Å²) < 4.78 is 5.74. The molecule has 1 fully saturated rings. The van der Waals surface area contributed by atoms with Gasteiger partial charge in [0, 0.05) is 30.6 Å². The first kappa shape index (κ1) is 12.6. The number of nitrogens with zero attached hydrogens (tertiary/aromatic N) is 1. The molecule has 1 N–H and O–H groups in total. The SMILES string of the molecule is CC1CC(O)(c2cccc3ccncc23)CC(C)O1. The maximum atomic E-state index is 11.1. The topological polar surface area (TPSA) is 42.4 Å². The third-order valence-electron chi connectivity index (χ3n) is 3.90. The molecule has 1 aromatic heterocycles. The quantitative estimate of drug-likeness (QED) is 0.854. The molecule has 2 unspecified atom stereocenters. The Labute approximate surface area is 113 Å². The summed E-state index contributed by atoms with van der Waals surface area (Å²) >= 11 is 0. The van der Waals surface area contributed by atoms with Crippen LogP contribution in [0.25, 0.3) is 10.8 Å². The van der Waals surface area contributed by atoms with Crippen LogP contribution < -0.4 is 0 Å². The van der Waals surface area contributed by atoms with E-state index in [9.17, 15) is 5.11 Å². The second-order valence-electron chi connectivity index (χ2n) is 5.60. The van der Waals surface area contributed by atoms with E-state index in [0.29, 0.717) is 12.8 Å². The minimum absolute atomic E-state index is 0.0701. The number of pyridine rings is 1. The van der Waals surface area contributed by atoms with Crippen molar-refractivity contribution in [3.63, 3.8) is 0 Å². The molecule has 1 aromatic carbocycles. The Morgan fingerprint density at radius 2 is 1.95 bits per heavy atom. The van der Waals surface area contributed by atoms with Gasteiger partial charge in [0.1, 0.15) is 0 Å². The number of rotatable bonds is 1. The fraction of sp³-hybridized carbons (Fsp3) is 0.438. The molecule has 3 heteroatoms. The average molecular weight is 257 g/mol. The third kappa shape index (κ3) is 2.24. The van der Waals surface area contributed by atoms with Gasteiger partial charge in [-0.25, -0.2) is 0 Å². The summed E-state index contributed by atoms with van der Waals surface area (Å²) in [6.45, 7) is 4.04. The Morgan fingerprint density at radius 1 is 1.21 bits per heavy atom. The van der Waals surface area contributed by atoms with Crippen LogP contribution in [0.1, 0.15) is 32.3 Å². The molecule has 0 aliphatic carbocycles. The molecule has 1 aliphatic heterocycles. The molecular weight excluding hydrogens is 238 g/mol. The summed E-state index contributed by atoms with van der Waals surface area (Å²) in [5.74, 6) is 0. The van der Waals surface area contributed by atoms with Crippen molar-refractivity contribution < 1.29 is 9.84 Å². The summed E-state index contributed by atoms with van der Waals surface area (Å²) in [7, 11) is 0. The fourth-order valence-corrected chi connectivity index (χ4v) is 3.27. The van der Waals surface area contributed by atoms with Crippen LogP contribution in [0.5, 0.6) is 0 Å². The van der Waals surface area contributed by atoms with E-state index in [2.05, 4.69) is 11.1 Å². The van der Waals surface area contributed by atoms with Gasteiger partial charge < -0.3 is 9.84 Å². The van der Waals surface area contributed by atoms with E-state index < -0.39 is 5.60 Å². The monoisotopic (exact) mass is 257 g/mol. The number of fused-ring (bicyclic) bond motifs is 1. The molecule has 3 rings (SSSR count). The lowest BCUT2D eigenvalue weighted by atomic mass is 9.80. The highest BCUT2D eigenvalue weighted by molar-refractivity contribution is 5.85. The van der Waals surface area contributed by atoms with Crippen molar-refractivity contribution >= 4 is 10.8 Å². The zero-order valence-corrected chi connectivity index (χ0v) is 11.3. The smallest absolute Gasteiger partial charge is 0.0952 e. The summed E-state index contributed by atoms with van der Waals surface area (Å²) in [5, 5.41) is 13.2. The van der Waals surface area contributed by atoms with Crippen LogP contribution in [0.4, 0.5) is 0 Å². The van der Waals surface area contributed by atoms with Crippen molar-refractivity contribution in [3.05, 3.63) is 42.2 Å². The number of ether oxygens (including phenoxy) is 1. The van der Waals surface area contributed by atoms with Crippen molar-refractivity contribution in [3.8, 4) is 0 Å². The number of hydrogen-bond donors (Lipinski definition) is 1. The molecule has 2 heterocycles. The maximum Gasteiger partial charge on any atom is 0.0952 e. The lowest BCUT2D eigenvalue weighted by Crippen LogP contribution is -2.41. The Morgan fingerprint density at radius 3 is 2.68 bits per heavy atom. The minimum Gasteiger partial charge on any atom is -0.385 e. The molecule has 0 bridgehead atoms. The summed E-state index contributed by atoms with van der Waals surface area (Å²) in [6, 6.07) is 8.04. The normalized spacial score (nSPS) is 31.5. The van der Waals surface area contributed by atoms with Crippen molar-refractivity contribution in [2.75, 3.05) is 0 Å². The van der Waals surface area contributed by atoms with Gasteiger partial charge in [0.15, 0.2) is 0 Å². The van der Waals surface area contributed by atoms with Gasteiger partial charge in [-0.1, -0.05) is 18.2 Å². The molecule has 3 nitrogen and oxygen atoms in total. The lowest BCUT2D eigenvalue weighted by Gasteiger charge is -2.40. The van der Waals surface area contributed by atoms with Gasteiger partial charge in [-0.3, -0.25) is 4.98 Å². The number of hydrogen-bond acceptors (Lipinski definition) is 3. The molecule has 19 heavy (non-hydrogen) atoms. The molecule has 0 spiro atoms. The van der Waals surface area contributed by atoms with Crippen molar-refractivity contribution in [1.82, 2.24) is 4.98 Å². The van der Waals surface area contributed by atoms with Gasteiger partial charge in [0.05, 0.1) is 17.8 Å². The van der Waals surface area contributed by atoms with Gasteiger partial charge >= 0.3 is 0 Å². The van der Waals surface area contributed by atoms with Crippen LogP contribution in [-0.2, 0) is 10.3 Å². The molecule has 100 valence electrons. The van der Waals surface area contributed by atoms with Gasteiger partial charge in [-0.2, -0.15) is 0 Å². The Kier molecular flexibility index (Phi) is 3.03. The van der Waals surface area contributed by atoms with Gasteiger partial charge in [0.2, 0.25) is 0 Å². The highest BCUT2D eigenvalue weighted by atomic mass is 16.5. The number of aliphatic hydroxyl groups is 1. The molecule has 1 saturated heterocycles. The largest absolute Gasteiger partial charge is 0.385 e. The zero-order valence-electron chi connectivity index (χ0n) is 11.3. The molecule has 0 amide bonds. The van der Waals surface area contributed by atoms with E-state index in [4.69, 9.17) is 4.74 Å². The molecular formula is C16H19NO2. The van der Waals surface area contributed by atoms with Crippen LogP contribution in [-0.4, -0.2) is 22.3 Å². The molecule has 2 aromatic rings. The van der Waals surface area contributed by atoms with Crippen LogP contribution in [0.15, 0.2) is 36.7 Å². The van der Waals surface area contributed by atoms with E-state index in [1.165, 1.54) is 0 Å². The first-order valence-electron chi connectivity index (χ1n) is 6.79. The van der Waals surface area contributed by atoms with Crippen LogP contribution in [0.2, 0.25) is 0 Å². The Hall–Kier alpha value is -1.45. The van der Waals surface area contributed by atoms with Crippen molar-refractivity contribution in [1.29, 1.82) is 0 Å². The van der Waals surface area contributed by atoms with E-state index in [1.54, 1.807) is 6.20 Å². The highest BCUT2D eigenvalue weighted by Gasteiger charge is 2.39. The van der Waals surface area contributed by atoms with Gasteiger partial charge in [-0.15, -0.1) is 0 Å². The summed E-state index contributed by atoms with van der Waals surface area (Å²) in [4.78, 5) is 4.20. The zero-order chi connectivity index (χ0) is 13.5. The molecule has 1 aliphatic rings. The Balaban J connectivity index is 2.12.